The number of alkyl halides is 3. The SMILES string of the molecule is CC(C)(C)c1cc2cn(-c3ccc(C(=O)NCCCN=C(N)N)cc3)c(=O)nc2[nH]1.CC(C)(C)c1cccc(S(=O)(=O)N(CCCn2ccc(C(F)(F)F)n2)C2CCNCC2)c1. The molecule has 0 bridgehead atoms. The number of rotatable bonds is 13. The number of aliphatic imine (C=N–C) groups is 1. The number of piperidine rings is 1. The monoisotopic (exact) mass is 881 g/mol. The van der Waals surface area contributed by atoms with Gasteiger partial charge in [-0.1, -0.05) is 53.7 Å². The Kier molecular flexibility index (Phi) is 15.1. The van der Waals surface area contributed by atoms with Gasteiger partial charge < -0.3 is 27.1 Å². The lowest BCUT2D eigenvalue weighted by molar-refractivity contribution is -0.141. The van der Waals surface area contributed by atoms with Crippen LogP contribution in [0.2, 0.25) is 0 Å². The summed E-state index contributed by atoms with van der Waals surface area (Å²) >= 11 is 0. The molecule has 1 aliphatic heterocycles. The number of aromatic nitrogens is 5. The first-order valence-electron chi connectivity index (χ1n) is 20.5. The van der Waals surface area contributed by atoms with Crippen LogP contribution in [0.3, 0.4) is 0 Å². The van der Waals surface area contributed by atoms with Crippen LogP contribution in [-0.4, -0.2) is 87.7 Å². The Labute approximate surface area is 360 Å². The third kappa shape index (κ3) is 12.5. The molecule has 0 aliphatic carbocycles. The Morgan fingerprint density at radius 3 is 2.27 bits per heavy atom. The predicted octanol–water partition coefficient (Wildman–Crippen LogP) is 5.44. The van der Waals surface area contributed by atoms with Crippen LogP contribution in [0.15, 0.2) is 87.7 Å². The molecular weight excluding hydrogens is 824 g/mol. The molecule has 4 heterocycles. The zero-order valence-electron chi connectivity index (χ0n) is 36.1. The number of nitrogens with one attached hydrogen (secondary N) is 3. The molecule has 336 valence electrons. The van der Waals surface area contributed by atoms with Crippen LogP contribution in [0, 0.1) is 0 Å². The van der Waals surface area contributed by atoms with E-state index in [0.717, 1.165) is 35.8 Å². The van der Waals surface area contributed by atoms with Crippen molar-refractivity contribution >= 4 is 32.9 Å². The minimum Gasteiger partial charge on any atom is -0.370 e. The van der Waals surface area contributed by atoms with E-state index in [0.29, 0.717) is 55.7 Å². The normalized spacial score (nSPS) is 14.1. The van der Waals surface area contributed by atoms with Crippen molar-refractivity contribution in [3.05, 3.63) is 106 Å². The van der Waals surface area contributed by atoms with Crippen molar-refractivity contribution in [1.29, 1.82) is 0 Å². The number of fused-ring (bicyclic) bond motifs is 1. The number of aromatic amines is 1. The average Bonchev–Trinajstić information content (AvgIpc) is 3.87. The van der Waals surface area contributed by atoms with E-state index in [1.807, 2.05) is 32.9 Å². The second-order valence-corrected chi connectivity index (χ2v) is 19.2. The predicted molar refractivity (Wildman–Crippen MR) is 235 cm³/mol. The van der Waals surface area contributed by atoms with E-state index in [4.69, 9.17) is 11.5 Å². The molecule has 0 saturated carbocycles. The number of aryl methyl sites for hydroxylation is 1. The van der Waals surface area contributed by atoms with E-state index < -0.39 is 21.9 Å². The maximum atomic E-state index is 13.6. The standard InChI is InChI=1S/C22H31F3N4O2S.C21H27N7O2/c1-21(2,3)17-6-4-7-19(16-17)32(30,31)29(18-8-11-26-12-9-18)14-5-13-28-15-10-20(27-28)22(23,24)25;1-21(2,3)16-11-14-12-28(20(30)27-17(14)26-16)15-7-5-13(6-8-15)18(29)24-9-4-10-25-19(22)23/h4,6-7,10,15-16,18,26H,5,8-9,11-14H2,1-3H3;5-8,11-12H,4,9-10H2,1-3H3,(H,24,29)(H4,22,23,25)(H,26,27,30). The number of hydrogen-bond donors (Lipinski definition) is 5. The number of guanidine groups is 1. The number of H-pyrrole nitrogens is 1. The Hall–Kier alpha value is -5.53. The van der Waals surface area contributed by atoms with Gasteiger partial charge in [-0.3, -0.25) is 19.0 Å². The third-order valence-electron chi connectivity index (χ3n) is 10.4. The lowest BCUT2D eigenvalue weighted by atomic mass is 9.87. The summed E-state index contributed by atoms with van der Waals surface area (Å²) in [5.41, 5.74) is 12.6. The maximum Gasteiger partial charge on any atom is 0.435 e. The van der Waals surface area contributed by atoms with Crippen molar-refractivity contribution in [3.63, 3.8) is 0 Å². The fourth-order valence-corrected chi connectivity index (χ4v) is 8.60. The number of nitrogens with zero attached hydrogens (tertiary/aromatic N) is 6. The van der Waals surface area contributed by atoms with Gasteiger partial charge in [0.05, 0.1) is 10.6 Å². The number of hydrogen-bond acceptors (Lipinski definition) is 8. The molecule has 0 radical (unpaired) electrons. The number of carbonyl (C=O) groups excluding carboxylic acids is 1. The lowest BCUT2D eigenvalue weighted by Crippen LogP contribution is -2.46. The quantitative estimate of drug-likeness (QED) is 0.0579. The molecular formula is C43H58F3N11O4S. The lowest BCUT2D eigenvalue weighted by Gasteiger charge is -2.34. The average molecular weight is 882 g/mol. The van der Waals surface area contributed by atoms with E-state index in [1.165, 1.54) is 19.8 Å². The summed E-state index contributed by atoms with van der Waals surface area (Å²) in [6.45, 7) is 15.2. The maximum absolute atomic E-state index is 13.6. The Balaban J connectivity index is 0.000000235. The van der Waals surface area contributed by atoms with Crippen LogP contribution in [0.25, 0.3) is 16.7 Å². The molecule has 15 nitrogen and oxygen atoms in total. The van der Waals surface area contributed by atoms with Gasteiger partial charge in [0.2, 0.25) is 10.0 Å². The molecule has 1 fully saturated rings. The Morgan fingerprint density at radius 2 is 1.66 bits per heavy atom. The van der Waals surface area contributed by atoms with Crippen molar-refractivity contribution < 1.29 is 26.4 Å². The molecule has 7 N–H and O–H groups in total. The van der Waals surface area contributed by atoms with Gasteiger partial charge in [-0.2, -0.15) is 27.6 Å². The summed E-state index contributed by atoms with van der Waals surface area (Å²) in [5.74, 6) is -0.165. The van der Waals surface area contributed by atoms with Crippen LogP contribution < -0.4 is 27.8 Å². The van der Waals surface area contributed by atoms with E-state index in [9.17, 15) is 31.2 Å². The van der Waals surface area contributed by atoms with E-state index >= 15 is 0 Å². The minimum atomic E-state index is -4.49. The zero-order valence-corrected chi connectivity index (χ0v) is 36.9. The molecule has 19 heteroatoms. The number of halogens is 3. The number of sulfonamides is 1. The summed E-state index contributed by atoms with van der Waals surface area (Å²) in [6.07, 6.45) is 0.926. The van der Waals surface area contributed by atoms with Gasteiger partial charge in [-0.05, 0) is 98.3 Å². The molecule has 0 unspecified atom stereocenters. The first-order chi connectivity index (χ1) is 29.0. The number of nitrogens with two attached hydrogens (primary N) is 2. The van der Waals surface area contributed by atoms with E-state index in [1.54, 1.807) is 48.7 Å². The van der Waals surface area contributed by atoms with Crippen LogP contribution >= 0.6 is 0 Å². The van der Waals surface area contributed by atoms with E-state index in [-0.39, 0.29) is 52.4 Å². The van der Waals surface area contributed by atoms with Gasteiger partial charge in [0.1, 0.15) is 5.65 Å². The van der Waals surface area contributed by atoms with Crippen molar-refractivity contribution in [3.8, 4) is 5.69 Å². The molecule has 0 atom stereocenters. The summed E-state index contributed by atoms with van der Waals surface area (Å²) in [7, 11) is -3.76. The number of amides is 1. The van der Waals surface area contributed by atoms with Crippen molar-refractivity contribution in [1.82, 2.24) is 39.3 Å². The minimum absolute atomic E-state index is 0.0362. The molecule has 1 amide bonds. The van der Waals surface area contributed by atoms with Crippen LogP contribution in [0.5, 0.6) is 0 Å². The highest BCUT2D eigenvalue weighted by molar-refractivity contribution is 7.89. The third-order valence-corrected chi connectivity index (χ3v) is 12.3. The topological polar surface area (TPSA) is 211 Å². The molecule has 6 rings (SSSR count). The molecule has 5 aromatic rings. The van der Waals surface area contributed by atoms with E-state index in [2.05, 4.69) is 51.5 Å². The van der Waals surface area contributed by atoms with Gasteiger partial charge in [0.25, 0.3) is 5.91 Å². The van der Waals surface area contributed by atoms with Crippen LogP contribution in [-0.2, 0) is 33.6 Å². The van der Waals surface area contributed by atoms with Crippen LogP contribution in [0.1, 0.15) is 94.5 Å². The fourth-order valence-electron chi connectivity index (χ4n) is 6.83. The second kappa shape index (κ2) is 19.7. The highest BCUT2D eigenvalue weighted by Crippen LogP contribution is 2.30. The van der Waals surface area contributed by atoms with Crippen molar-refractivity contribution in [2.75, 3.05) is 32.7 Å². The Morgan fingerprint density at radius 1 is 0.968 bits per heavy atom. The number of carbonyl (C=O) groups is 1. The number of benzene rings is 2. The molecule has 3 aromatic heterocycles. The summed E-state index contributed by atoms with van der Waals surface area (Å²) in [5, 5.41) is 10.5. The van der Waals surface area contributed by atoms with Gasteiger partial charge in [-0.25, -0.2) is 13.2 Å². The molecule has 62 heavy (non-hydrogen) atoms. The van der Waals surface area contributed by atoms with Crippen LogP contribution in [0.4, 0.5) is 13.2 Å². The van der Waals surface area contributed by atoms with Crippen molar-refractivity contribution in [2.24, 2.45) is 16.5 Å². The Bertz CT molecular complexity index is 2490. The second-order valence-electron chi connectivity index (χ2n) is 17.3. The first kappa shape index (κ1) is 47.5. The summed E-state index contributed by atoms with van der Waals surface area (Å²) in [6, 6.07) is 16.6. The largest absolute Gasteiger partial charge is 0.435 e. The summed E-state index contributed by atoms with van der Waals surface area (Å²) < 4.78 is 69.8. The highest BCUT2D eigenvalue weighted by atomic mass is 32.2. The zero-order chi connectivity index (χ0) is 45.5. The van der Waals surface area contributed by atoms with Gasteiger partial charge in [-0.15, -0.1) is 0 Å². The summed E-state index contributed by atoms with van der Waals surface area (Å²) in [4.78, 5) is 36.2. The van der Waals surface area contributed by atoms with Gasteiger partial charge in [0.15, 0.2) is 11.7 Å². The highest BCUT2D eigenvalue weighted by Gasteiger charge is 2.35. The smallest absolute Gasteiger partial charge is 0.370 e. The molecule has 2 aromatic carbocycles. The molecule has 0 spiro atoms. The van der Waals surface area contributed by atoms with Gasteiger partial charge >= 0.3 is 11.9 Å². The molecule has 1 saturated heterocycles. The molecule has 1 aliphatic rings. The fraction of sp³-hybridized carbons (Fsp3) is 0.465. The van der Waals surface area contributed by atoms with Crippen molar-refractivity contribution in [2.45, 2.75) is 102 Å². The first-order valence-corrected chi connectivity index (χ1v) is 22.0. The van der Waals surface area contributed by atoms with Gasteiger partial charge in [0, 0.05) is 66.7 Å².